The van der Waals surface area contributed by atoms with Crippen molar-refractivity contribution in [1.29, 1.82) is 0 Å². The molecule has 2 aromatic rings. The van der Waals surface area contributed by atoms with Gasteiger partial charge in [0.15, 0.2) is 5.78 Å². The molecule has 0 spiro atoms. The van der Waals surface area contributed by atoms with Crippen LogP contribution in [0.5, 0.6) is 0 Å². The zero-order valence-corrected chi connectivity index (χ0v) is 15.1. The molecular weight excluding hydrogens is 330 g/mol. The van der Waals surface area contributed by atoms with Gasteiger partial charge in [0.25, 0.3) is 0 Å². The van der Waals surface area contributed by atoms with Crippen LogP contribution in [0.15, 0.2) is 48.5 Å². The number of nitrogens with one attached hydrogen (secondary N) is 1. The molecule has 0 aliphatic heterocycles. The van der Waals surface area contributed by atoms with Crippen molar-refractivity contribution in [1.82, 2.24) is 0 Å². The van der Waals surface area contributed by atoms with Crippen LogP contribution in [0, 0.1) is 5.92 Å². The predicted molar refractivity (Wildman–Crippen MR) is 104 cm³/mol. The number of anilines is 1. The van der Waals surface area contributed by atoms with Gasteiger partial charge in [0.05, 0.1) is 0 Å². The molecule has 2 unspecified atom stereocenters. The van der Waals surface area contributed by atoms with Gasteiger partial charge in [-0.25, -0.2) is 0 Å². The van der Waals surface area contributed by atoms with Crippen LogP contribution in [0.25, 0.3) is 0 Å². The van der Waals surface area contributed by atoms with Gasteiger partial charge in [0.2, 0.25) is 0 Å². The lowest BCUT2D eigenvalue weighted by atomic mass is 9.95. The first kappa shape index (κ1) is 16.7. The Kier molecular flexibility index (Phi) is 4.80. The molecule has 0 bridgehead atoms. The number of rotatable bonds is 5. The molecule has 0 saturated heterocycles. The van der Waals surface area contributed by atoms with Gasteiger partial charge < -0.3 is 5.32 Å². The summed E-state index contributed by atoms with van der Waals surface area (Å²) in [6.45, 7) is 0. The number of ketones is 1. The van der Waals surface area contributed by atoms with Crippen molar-refractivity contribution in [2.45, 2.75) is 50.5 Å². The predicted octanol–water partition coefficient (Wildman–Crippen LogP) is 6.07. The Morgan fingerprint density at radius 1 is 0.920 bits per heavy atom. The molecule has 2 fully saturated rings. The molecule has 2 atom stereocenters. The van der Waals surface area contributed by atoms with Crippen LogP contribution >= 0.6 is 11.6 Å². The molecule has 2 saturated carbocycles. The standard InChI is InChI=1S/C22H24ClNO/c23-17-10-6-15(7-11-17)20-14-21(20)22(25)16-8-12-19(13-9-16)24-18-4-2-1-3-5-18/h6-13,18,20-21,24H,1-5,14H2. The summed E-state index contributed by atoms with van der Waals surface area (Å²) in [7, 11) is 0. The molecule has 0 aromatic heterocycles. The van der Waals surface area contributed by atoms with Crippen LogP contribution in [0.1, 0.15) is 60.4 Å². The van der Waals surface area contributed by atoms with E-state index in [0.29, 0.717) is 12.0 Å². The Hall–Kier alpha value is -1.80. The number of hydrogen-bond acceptors (Lipinski definition) is 2. The molecule has 0 amide bonds. The van der Waals surface area contributed by atoms with Crippen molar-refractivity contribution in [3.63, 3.8) is 0 Å². The van der Waals surface area contributed by atoms with Crippen molar-refractivity contribution < 1.29 is 4.79 Å². The lowest BCUT2D eigenvalue weighted by molar-refractivity contribution is 0.0965. The van der Waals surface area contributed by atoms with Crippen LogP contribution in [0.4, 0.5) is 5.69 Å². The molecule has 3 heteroatoms. The summed E-state index contributed by atoms with van der Waals surface area (Å²) >= 11 is 5.94. The summed E-state index contributed by atoms with van der Waals surface area (Å²) in [5.41, 5.74) is 3.18. The van der Waals surface area contributed by atoms with Crippen LogP contribution < -0.4 is 5.32 Å². The van der Waals surface area contributed by atoms with E-state index in [1.165, 1.54) is 37.7 Å². The van der Waals surface area contributed by atoms with Crippen molar-refractivity contribution in [3.05, 3.63) is 64.7 Å². The normalized spacial score (nSPS) is 23.2. The number of benzene rings is 2. The molecule has 1 N–H and O–H groups in total. The average molecular weight is 354 g/mol. The Bertz CT molecular complexity index is 732. The van der Waals surface area contributed by atoms with Crippen molar-refractivity contribution in [3.8, 4) is 0 Å². The average Bonchev–Trinajstić information content (AvgIpc) is 3.44. The fourth-order valence-electron chi connectivity index (χ4n) is 3.99. The number of Topliss-reactive ketones (excluding diaryl/α,β-unsaturated/α-hetero) is 1. The second kappa shape index (κ2) is 7.21. The highest BCUT2D eigenvalue weighted by Crippen LogP contribution is 2.49. The highest BCUT2D eigenvalue weighted by molar-refractivity contribution is 6.30. The van der Waals surface area contributed by atoms with E-state index in [1.807, 2.05) is 36.4 Å². The third kappa shape index (κ3) is 3.90. The molecule has 2 aliphatic rings. The number of hydrogen-bond donors (Lipinski definition) is 1. The maximum Gasteiger partial charge on any atom is 0.166 e. The van der Waals surface area contributed by atoms with E-state index in [-0.39, 0.29) is 11.7 Å². The zero-order chi connectivity index (χ0) is 17.2. The van der Waals surface area contributed by atoms with Crippen LogP contribution in [-0.4, -0.2) is 11.8 Å². The smallest absolute Gasteiger partial charge is 0.166 e. The minimum atomic E-state index is 0.123. The molecule has 2 aromatic carbocycles. The van der Waals surface area contributed by atoms with Gasteiger partial charge >= 0.3 is 0 Å². The molecule has 2 aliphatic carbocycles. The van der Waals surface area contributed by atoms with Gasteiger partial charge in [-0.2, -0.15) is 0 Å². The SMILES string of the molecule is O=C(c1ccc(NC2CCCCC2)cc1)C1CC1c1ccc(Cl)cc1. The quantitative estimate of drug-likeness (QED) is 0.661. The Labute approximate surface area is 154 Å². The van der Waals surface area contributed by atoms with E-state index >= 15 is 0 Å². The largest absolute Gasteiger partial charge is 0.382 e. The Morgan fingerprint density at radius 2 is 1.60 bits per heavy atom. The summed E-state index contributed by atoms with van der Waals surface area (Å²) in [5, 5.41) is 4.35. The highest BCUT2D eigenvalue weighted by Gasteiger charge is 2.43. The summed E-state index contributed by atoms with van der Waals surface area (Å²) < 4.78 is 0. The molecule has 4 rings (SSSR count). The minimum absolute atomic E-state index is 0.123. The molecule has 0 heterocycles. The van der Waals surface area contributed by atoms with E-state index in [4.69, 9.17) is 11.6 Å². The third-order valence-corrected chi connectivity index (χ3v) is 5.82. The fraction of sp³-hybridized carbons (Fsp3) is 0.409. The molecular formula is C22H24ClNO. The van der Waals surface area contributed by atoms with E-state index in [2.05, 4.69) is 17.4 Å². The molecule has 2 nitrogen and oxygen atoms in total. The first-order chi connectivity index (χ1) is 12.2. The molecule has 130 valence electrons. The third-order valence-electron chi connectivity index (χ3n) is 5.57. The first-order valence-corrected chi connectivity index (χ1v) is 9.75. The van der Waals surface area contributed by atoms with Crippen molar-refractivity contribution >= 4 is 23.1 Å². The van der Waals surface area contributed by atoms with Crippen LogP contribution in [-0.2, 0) is 0 Å². The number of halogens is 1. The highest BCUT2D eigenvalue weighted by atomic mass is 35.5. The van der Waals surface area contributed by atoms with Gasteiger partial charge in [0.1, 0.15) is 0 Å². The summed E-state index contributed by atoms with van der Waals surface area (Å²) in [5.74, 6) is 0.743. The summed E-state index contributed by atoms with van der Waals surface area (Å²) in [6.07, 6.45) is 7.46. The number of carbonyl (C=O) groups is 1. The van der Waals surface area contributed by atoms with E-state index in [9.17, 15) is 4.79 Å². The number of carbonyl (C=O) groups excluding carboxylic acids is 1. The fourth-order valence-corrected chi connectivity index (χ4v) is 4.12. The maximum absolute atomic E-state index is 12.7. The van der Waals surface area contributed by atoms with Crippen molar-refractivity contribution in [2.75, 3.05) is 5.32 Å². The lowest BCUT2D eigenvalue weighted by Crippen LogP contribution is -2.22. The topological polar surface area (TPSA) is 29.1 Å². The van der Waals surface area contributed by atoms with Gasteiger partial charge in [-0.05, 0) is 67.1 Å². The molecule has 0 radical (unpaired) electrons. The Morgan fingerprint density at radius 3 is 2.28 bits per heavy atom. The van der Waals surface area contributed by atoms with Gasteiger partial charge in [-0.1, -0.05) is 43.0 Å². The monoisotopic (exact) mass is 353 g/mol. The van der Waals surface area contributed by atoms with E-state index < -0.39 is 0 Å². The maximum atomic E-state index is 12.7. The minimum Gasteiger partial charge on any atom is -0.382 e. The van der Waals surface area contributed by atoms with Crippen LogP contribution in [0.2, 0.25) is 5.02 Å². The first-order valence-electron chi connectivity index (χ1n) is 9.37. The summed E-state index contributed by atoms with van der Waals surface area (Å²) in [4.78, 5) is 12.7. The molecule has 25 heavy (non-hydrogen) atoms. The zero-order valence-electron chi connectivity index (χ0n) is 14.4. The second-order valence-electron chi connectivity index (χ2n) is 7.42. The van der Waals surface area contributed by atoms with Crippen molar-refractivity contribution in [2.24, 2.45) is 5.92 Å². The van der Waals surface area contributed by atoms with Crippen LogP contribution in [0.3, 0.4) is 0 Å². The van der Waals surface area contributed by atoms with E-state index in [1.54, 1.807) is 0 Å². The lowest BCUT2D eigenvalue weighted by Gasteiger charge is -2.23. The Balaban J connectivity index is 1.37. The summed E-state index contributed by atoms with van der Waals surface area (Å²) in [6, 6.07) is 16.5. The van der Waals surface area contributed by atoms with Gasteiger partial charge in [0, 0.05) is 28.2 Å². The second-order valence-corrected chi connectivity index (χ2v) is 7.86. The van der Waals surface area contributed by atoms with Gasteiger partial charge in [-0.15, -0.1) is 0 Å². The van der Waals surface area contributed by atoms with Gasteiger partial charge in [-0.3, -0.25) is 4.79 Å². The van der Waals surface area contributed by atoms with E-state index in [0.717, 1.165) is 22.7 Å².